The van der Waals surface area contributed by atoms with Crippen LogP contribution in [0.3, 0.4) is 0 Å². The van der Waals surface area contributed by atoms with E-state index in [1.165, 1.54) is 11.1 Å². The van der Waals surface area contributed by atoms with Crippen LogP contribution in [0.15, 0.2) is 30.5 Å². The third-order valence-electron chi connectivity index (χ3n) is 5.49. The molecule has 2 aliphatic rings. The Hall–Kier alpha value is -1.73. The van der Waals surface area contributed by atoms with E-state index >= 15 is 0 Å². The number of nitrogens with one attached hydrogen (secondary N) is 1. The van der Waals surface area contributed by atoms with E-state index in [0.717, 1.165) is 30.5 Å². The van der Waals surface area contributed by atoms with Crippen molar-refractivity contribution in [1.82, 2.24) is 10.2 Å². The van der Waals surface area contributed by atoms with Crippen molar-refractivity contribution in [2.24, 2.45) is 0 Å². The SMILES string of the molecule is CO[C@@H]1C[C@@H](OC)[C@H](C)O[C@H]1OC1Cc2ccc(-c3ccn[nH]3)cc2C1. The fourth-order valence-corrected chi connectivity index (χ4v) is 3.98. The van der Waals surface area contributed by atoms with Crippen LogP contribution in [0.5, 0.6) is 0 Å². The zero-order chi connectivity index (χ0) is 18.1. The molecule has 5 atom stereocenters. The van der Waals surface area contributed by atoms with E-state index in [0.29, 0.717) is 0 Å². The Labute approximate surface area is 153 Å². The van der Waals surface area contributed by atoms with Gasteiger partial charge in [-0.25, -0.2) is 0 Å². The number of benzene rings is 1. The van der Waals surface area contributed by atoms with E-state index in [1.54, 1.807) is 20.4 Å². The van der Waals surface area contributed by atoms with Crippen molar-refractivity contribution < 1.29 is 18.9 Å². The highest BCUT2D eigenvalue weighted by atomic mass is 16.7. The van der Waals surface area contributed by atoms with Gasteiger partial charge in [0.25, 0.3) is 0 Å². The molecule has 2 aromatic rings. The molecule has 0 amide bonds. The number of methoxy groups -OCH3 is 2. The smallest absolute Gasteiger partial charge is 0.184 e. The summed E-state index contributed by atoms with van der Waals surface area (Å²) in [5, 5.41) is 7.05. The number of hydrogen-bond donors (Lipinski definition) is 1. The number of H-pyrrole nitrogens is 1. The Bertz CT molecular complexity index is 733. The number of rotatable bonds is 5. The average molecular weight is 358 g/mol. The molecule has 1 aromatic carbocycles. The molecule has 0 spiro atoms. The van der Waals surface area contributed by atoms with Crippen LogP contribution in [-0.2, 0) is 31.8 Å². The van der Waals surface area contributed by atoms with E-state index in [4.69, 9.17) is 18.9 Å². The summed E-state index contributed by atoms with van der Waals surface area (Å²) in [7, 11) is 3.41. The molecule has 140 valence electrons. The van der Waals surface area contributed by atoms with Gasteiger partial charge >= 0.3 is 0 Å². The van der Waals surface area contributed by atoms with Crippen LogP contribution in [0.25, 0.3) is 11.3 Å². The molecule has 4 rings (SSSR count). The Morgan fingerprint density at radius 3 is 2.62 bits per heavy atom. The summed E-state index contributed by atoms with van der Waals surface area (Å²) in [5.74, 6) is 0. The lowest BCUT2D eigenvalue weighted by atomic mass is 10.0. The zero-order valence-corrected chi connectivity index (χ0v) is 15.5. The van der Waals surface area contributed by atoms with Gasteiger partial charge in [-0.3, -0.25) is 5.10 Å². The highest BCUT2D eigenvalue weighted by molar-refractivity contribution is 5.61. The van der Waals surface area contributed by atoms with Crippen molar-refractivity contribution in [3.05, 3.63) is 41.6 Å². The first-order chi connectivity index (χ1) is 12.7. The van der Waals surface area contributed by atoms with Crippen molar-refractivity contribution in [2.45, 2.75) is 56.9 Å². The monoisotopic (exact) mass is 358 g/mol. The Balaban J connectivity index is 1.43. The topological polar surface area (TPSA) is 65.6 Å². The first-order valence-electron chi connectivity index (χ1n) is 9.16. The van der Waals surface area contributed by atoms with E-state index in [2.05, 4.69) is 28.4 Å². The average Bonchev–Trinajstić information content (AvgIpc) is 3.30. The molecule has 1 aliphatic carbocycles. The minimum atomic E-state index is -0.354. The van der Waals surface area contributed by atoms with Crippen LogP contribution in [0.1, 0.15) is 24.5 Å². The first kappa shape index (κ1) is 17.7. The summed E-state index contributed by atoms with van der Waals surface area (Å²) in [5.41, 5.74) is 4.86. The van der Waals surface area contributed by atoms with Crippen molar-refractivity contribution >= 4 is 0 Å². The second-order valence-corrected chi connectivity index (χ2v) is 7.11. The lowest BCUT2D eigenvalue weighted by molar-refractivity contribution is -0.281. The van der Waals surface area contributed by atoms with E-state index in [9.17, 15) is 0 Å². The Kier molecular flexibility index (Phi) is 5.09. The van der Waals surface area contributed by atoms with Crippen LogP contribution >= 0.6 is 0 Å². The standard InChI is InChI=1S/C20H26N2O4/c1-12-18(23-2)11-19(24-3)20(25-12)26-16-9-13-4-5-14(8-15(13)10-16)17-6-7-21-22-17/h4-8,12,16,18-20H,9-11H2,1-3H3,(H,21,22)/t12-,16?,18+,19+,20-/m0/s1. The number of nitrogens with zero attached hydrogens (tertiary/aromatic N) is 1. The van der Waals surface area contributed by atoms with Gasteiger partial charge in [0.1, 0.15) is 6.10 Å². The van der Waals surface area contributed by atoms with Gasteiger partial charge in [-0.15, -0.1) is 0 Å². The molecule has 2 heterocycles. The van der Waals surface area contributed by atoms with Gasteiger partial charge in [-0.2, -0.15) is 5.10 Å². The molecule has 1 aromatic heterocycles. The predicted molar refractivity (Wildman–Crippen MR) is 96.9 cm³/mol. The molecule has 0 bridgehead atoms. The number of fused-ring (bicyclic) bond motifs is 1. The maximum atomic E-state index is 6.31. The van der Waals surface area contributed by atoms with Gasteiger partial charge in [0.05, 0.1) is 24.0 Å². The van der Waals surface area contributed by atoms with Crippen LogP contribution < -0.4 is 0 Å². The predicted octanol–water partition coefficient (Wildman–Crippen LogP) is 2.73. The van der Waals surface area contributed by atoms with Crippen LogP contribution in [0, 0.1) is 0 Å². The van der Waals surface area contributed by atoms with E-state index in [1.807, 2.05) is 13.0 Å². The normalized spacial score (nSPS) is 31.1. The van der Waals surface area contributed by atoms with Crippen molar-refractivity contribution in [1.29, 1.82) is 0 Å². The Morgan fingerprint density at radius 1 is 1.08 bits per heavy atom. The third kappa shape index (κ3) is 3.42. The van der Waals surface area contributed by atoms with Crippen LogP contribution in [-0.4, -0.2) is 55.1 Å². The molecule has 6 nitrogen and oxygen atoms in total. The largest absolute Gasteiger partial charge is 0.379 e. The second-order valence-electron chi connectivity index (χ2n) is 7.11. The number of aromatic nitrogens is 2. The molecular formula is C20H26N2O4. The van der Waals surface area contributed by atoms with Gasteiger partial charge in [-0.05, 0) is 48.6 Å². The number of hydrogen-bond acceptors (Lipinski definition) is 5. The van der Waals surface area contributed by atoms with Crippen molar-refractivity contribution in [3.8, 4) is 11.3 Å². The highest BCUT2D eigenvalue weighted by Gasteiger charge is 2.39. The second kappa shape index (κ2) is 7.48. The first-order valence-corrected chi connectivity index (χ1v) is 9.16. The highest BCUT2D eigenvalue weighted by Crippen LogP contribution is 2.32. The lowest BCUT2D eigenvalue weighted by Gasteiger charge is -2.39. The maximum absolute atomic E-state index is 6.31. The lowest BCUT2D eigenvalue weighted by Crippen LogP contribution is -2.49. The summed E-state index contributed by atoms with van der Waals surface area (Å²) in [6.07, 6.45) is 4.01. The third-order valence-corrected chi connectivity index (χ3v) is 5.49. The van der Waals surface area contributed by atoms with E-state index < -0.39 is 0 Å². The van der Waals surface area contributed by atoms with Gasteiger partial charge in [0.15, 0.2) is 6.29 Å². The number of ether oxygens (including phenoxy) is 4. The molecule has 1 unspecified atom stereocenters. The molecule has 1 aliphatic heterocycles. The van der Waals surface area contributed by atoms with Gasteiger partial charge in [0, 0.05) is 26.8 Å². The van der Waals surface area contributed by atoms with Crippen molar-refractivity contribution in [2.75, 3.05) is 14.2 Å². The summed E-state index contributed by atoms with van der Waals surface area (Å²) >= 11 is 0. The summed E-state index contributed by atoms with van der Waals surface area (Å²) in [6, 6.07) is 8.53. The summed E-state index contributed by atoms with van der Waals surface area (Å²) in [4.78, 5) is 0. The maximum Gasteiger partial charge on any atom is 0.184 e. The van der Waals surface area contributed by atoms with Crippen LogP contribution in [0.2, 0.25) is 0 Å². The molecular weight excluding hydrogens is 332 g/mol. The minimum absolute atomic E-state index is 0.00726. The fourth-order valence-electron chi connectivity index (χ4n) is 3.98. The van der Waals surface area contributed by atoms with Gasteiger partial charge < -0.3 is 18.9 Å². The molecule has 26 heavy (non-hydrogen) atoms. The zero-order valence-electron chi connectivity index (χ0n) is 15.5. The van der Waals surface area contributed by atoms with Crippen molar-refractivity contribution in [3.63, 3.8) is 0 Å². The fraction of sp³-hybridized carbons (Fsp3) is 0.550. The molecule has 1 saturated heterocycles. The molecule has 0 radical (unpaired) electrons. The molecule has 1 fully saturated rings. The van der Waals surface area contributed by atoms with E-state index in [-0.39, 0.29) is 30.7 Å². The minimum Gasteiger partial charge on any atom is -0.379 e. The number of aromatic amines is 1. The Morgan fingerprint density at radius 2 is 1.88 bits per heavy atom. The molecule has 1 N–H and O–H groups in total. The van der Waals surface area contributed by atoms with Crippen LogP contribution in [0.4, 0.5) is 0 Å². The van der Waals surface area contributed by atoms with Gasteiger partial charge in [0.2, 0.25) is 0 Å². The molecule has 0 saturated carbocycles. The summed E-state index contributed by atoms with van der Waals surface area (Å²) < 4.78 is 23.4. The molecule has 6 heteroatoms. The van der Waals surface area contributed by atoms with Gasteiger partial charge in [-0.1, -0.05) is 12.1 Å². The summed E-state index contributed by atoms with van der Waals surface area (Å²) in [6.45, 7) is 2.02. The quantitative estimate of drug-likeness (QED) is 0.890.